The standard InChI is InChI=1S/C21H17F3N4O4S/c1-31-12-14-11-18(28(26-14)17-9-4-3-8-16(17)21(22,23)24)19-25-20(32-27-19)13-6-5-7-15(10-13)33(2,29)30/h3-11H,12H2,1-2H3. The Morgan fingerprint density at radius 1 is 1.09 bits per heavy atom. The second-order valence-electron chi connectivity index (χ2n) is 7.10. The van der Waals surface area contributed by atoms with Crippen LogP contribution in [0.3, 0.4) is 0 Å². The summed E-state index contributed by atoms with van der Waals surface area (Å²) in [6, 6.07) is 12.4. The van der Waals surface area contributed by atoms with Crippen LogP contribution >= 0.6 is 0 Å². The zero-order valence-electron chi connectivity index (χ0n) is 17.4. The van der Waals surface area contributed by atoms with E-state index in [0.29, 0.717) is 11.3 Å². The van der Waals surface area contributed by atoms with Gasteiger partial charge in [-0.25, -0.2) is 13.1 Å². The lowest BCUT2D eigenvalue weighted by Crippen LogP contribution is -2.12. The van der Waals surface area contributed by atoms with Crippen molar-refractivity contribution in [3.05, 3.63) is 65.9 Å². The molecule has 2 aromatic carbocycles. The van der Waals surface area contributed by atoms with Crippen molar-refractivity contribution >= 4 is 9.84 Å². The monoisotopic (exact) mass is 478 g/mol. The fourth-order valence-electron chi connectivity index (χ4n) is 3.19. The highest BCUT2D eigenvalue weighted by Gasteiger charge is 2.35. The van der Waals surface area contributed by atoms with Gasteiger partial charge in [0.2, 0.25) is 5.82 Å². The first-order chi connectivity index (χ1) is 15.6. The molecule has 33 heavy (non-hydrogen) atoms. The van der Waals surface area contributed by atoms with Gasteiger partial charge in [-0.2, -0.15) is 23.3 Å². The van der Waals surface area contributed by atoms with E-state index in [9.17, 15) is 21.6 Å². The molecular formula is C21H17F3N4O4S. The van der Waals surface area contributed by atoms with Gasteiger partial charge in [-0.15, -0.1) is 0 Å². The largest absolute Gasteiger partial charge is 0.418 e. The van der Waals surface area contributed by atoms with Gasteiger partial charge in [0.05, 0.1) is 28.4 Å². The maximum absolute atomic E-state index is 13.6. The summed E-state index contributed by atoms with van der Waals surface area (Å²) in [7, 11) is -2.03. The topological polar surface area (TPSA) is 100 Å². The molecule has 0 saturated carbocycles. The Hall–Kier alpha value is -3.51. The Morgan fingerprint density at radius 2 is 1.85 bits per heavy atom. The minimum absolute atomic E-state index is 0.000600. The lowest BCUT2D eigenvalue weighted by Gasteiger charge is -2.13. The molecule has 0 spiro atoms. The minimum atomic E-state index is -4.62. The molecule has 2 aromatic heterocycles. The van der Waals surface area contributed by atoms with Gasteiger partial charge in [-0.3, -0.25) is 0 Å². The van der Waals surface area contributed by atoms with Gasteiger partial charge in [0.25, 0.3) is 5.89 Å². The van der Waals surface area contributed by atoms with Crippen LogP contribution in [0.4, 0.5) is 13.2 Å². The van der Waals surface area contributed by atoms with E-state index in [1.165, 1.54) is 49.6 Å². The van der Waals surface area contributed by atoms with Crippen molar-refractivity contribution in [1.82, 2.24) is 19.9 Å². The maximum atomic E-state index is 13.6. The van der Waals surface area contributed by atoms with Crippen LogP contribution in [-0.2, 0) is 27.4 Å². The molecule has 0 saturated heterocycles. The lowest BCUT2D eigenvalue weighted by atomic mass is 10.1. The van der Waals surface area contributed by atoms with Crippen LogP contribution in [0.1, 0.15) is 11.3 Å². The summed E-state index contributed by atoms with van der Waals surface area (Å²) in [6.45, 7) is 0.0509. The predicted molar refractivity (Wildman–Crippen MR) is 111 cm³/mol. The molecule has 0 bridgehead atoms. The number of ether oxygens (including phenoxy) is 1. The second kappa shape index (κ2) is 8.45. The molecule has 0 amide bonds. The first-order valence-electron chi connectivity index (χ1n) is 9.47. The SMILES string of the molecule is COCc1cc(-c2noc(-c3cccc(S(C)(=O)=O)c3)n2)n(-c2ccccc2C(F)(F)F)n1. The minimum Gasteiger partial charge on any atom is -0.378 e. The van der Waals surface area contributed by atoms with Crippen LogP contribution in [0.2, 0.25) is 0 Å². The average Bonchev–Trinajstić information content (AvgIpc) is 3.40. The molecule has 0 N–H and O–H groups in total. The fourth-order valence-corrected chi connectivity index (χ4v) is 3.86. The molecular weight excluding hydrogens is 461 g/mol. The Kier molecular flexibility index (Phi) is 5.80. The highest BCUT2D eigenvalue weighted by Crippen LogP contribution is 2.35. The zero-order valence-corrected chi connectivity index (χ0v) is 18.2. The molecule has 12 heteroatoms. The third-order valence-electron chi connectivity index (χ3n) is 4.65. The molecule has 172 valence electrons. The summed E-state index contributed by atoms with van der Waals surface area (Å²) in [5, 5.41) is 8.13. The Morgan fingerprint density at radius 3 is 2.55 bits per heavy atom. The van der Waals surface area contributed by atoms with Gasteiger partial charge in [0.1, 0.15) is 5.69 Å². The number of rotatable bonds is 6. The number of hydrogen-bond donors (Lipinski definition) is 0. The summed E-state index contributed by atoms with van der Waals surface area (Å²) in [5.74, 6) is -0.0257. The van der Waals surface area contributed by atoms with Crippen molar-refractivity contribution in [3.63, 3.8) is 0 Å². The van der Waals surface area contributed by atoms with Crippen molar-refractivity contribution in [1.29, 1.82) is 0 Å². The van der Waals surface area contributed by atoms with Crippen molar-refractivity contribution in [2.24, 2.45) is 0 Å². The fraction of sp³-hybridized carbons (Fsp3) is 0.190. The third kappa shape index (κ3) is 4.66. The third-order valence-corrected chi connectivity index (χ3v) is 5.76. The normalized spacial score (nSPS) is 12.3. The van der Waals surface area contributed by atoms with Crippen molar-refractivity contribution in [2.45, 2.75) is 17.7 Å². The zero-order chi connectivity index (χ0) is 23.8. The van der Waals surface area contributed by atoms with Gasteiger partial charge in [0, 0.05) is 18.9 Å². The lowest BCUT2D eigenvalue weighted by molar-refractivity contribution is -0.137. The van der Waals surface area contributed by atoms with E-state index in [-0.39, 0.29) is 34.6 Å². The number of benzene rings is 2. The number of halogens is 3. The van der Waals surface area contributed by atoms with Crippen LogP contribution in [-0.4, -0.2) is 41.7 Å². The van der Waals surface area contributed by atoms with Crippen LogP contribution < -0.4 is 0 Å². The number of methoxy groups -OCH3 is 1. The number of aromatic nitrogens is 4. The summed E-state index contributed by atoms with van der Waals surface area (Å²) < 4.78 is 76.0. The molecule has 0 aliphatic heterocycles. The summed E-state index contributed by atoms with van der Waals surface area (Å²) in [4.78, 5) is 4.33. The Balaban J connectivity index is 1.83. The maximum Gasteiger partial charge on any atom is 0.418 e. The molecule has 0 fully saturated rings. The van der Waals surface area contributed by atoms with Gasteiger partial charge in [0.15, 0.2) is 9.84 Å². The summed E-state index contributed by atoms with van der Waals surface area (Å²) >= 11 is 0. The van der Waals surface area contributed by atoms with Crippen molar-refractivity contribution < 1.29 is 30.8 Å². The van der Waals surface area contributed by atoms with E-state index in [1.54, 1.807) is 6.07 Å². The highest BCUT2D eigenvalue weighted by atomic mass is 32.2. The number of nitrogens with zero attached hydrogens (tertiary/aromatic N) is 4. The van der Waals surface area contributed by atoms with Crippen molar-refractivity contribution in [3.8, 4) is 28.7 Å². The highest BCUT2D eigenvalue weighted by molar-refractivity contribution is 7.90. The molecule has 4 rings (SSSR count). The van der Waals surface area contributed by atoms with E-state index >= 15 is 0 Å². The number of para-hydroxylation sites is 1. The molecule has 0 atom stereocenters. The predicted octanol–water partition coefficient (Wildman–Crippen LogP) is 4.16. The van der Waals surface area contributed by atoms with E-state index in [2.05, 4.69) is 15.2 Å². The average molecular weight is 478 g/mol. The van der Waals surface area contributed by atoms with Crippen molar-refractivity contribution in [2.75, 3.05) is 13.4 Å². The second-order valence-corrected chi connectivity index (χ2v) is 9.12. The van der Waals surface area contributed by atoms with Gasteiger partial charge in [-0.1, -0.05) is 23.4 Å². The first-order valence-corrected chi connectivity index (χ1v) is 11.4. The van der Waals surface area contributed by atoms with E-state index in [0.717, 1.165) is 17.0 Å². The molecule has 4 aromatic rings. The smallest absolute Gasteiger partial charge is 0.378 e. The number of alkyl halides is 3. The van der Waals surface area contributed by atoms with Crippen LogP contribution in [0, 0.1) is 0 Å². The van der Waals surface area contributed by atoms with E-state index in [1.807, 2.05) is 0 Å². The van der Waals surface area contributed by atoms with Gasteiger partial charge in [-0.05, 0) is 36.4 Å². The number of hydrogen-bond acceptors (Lipinski definition) is 7. The van der Waals surface area contributed by atoms with E-state index < -0.39 is 21.6 Å². The first kappa shape index (κ1) is 22.7. The summed E-state index contributed by atoms with van der Waals surface area (Å²) in [5.41, 5.74) is -0.255. The summed E-state index contributed by atoms with van der Waals surface area (Å²) in [6.07, 6.45) is -3.55. The van der Waals surface area contributed by atoms with Crippen LogP contribution in [0.5, 0.6) is 0 Å². The van der Waals surface area contributed by atoms with Crippen LogP contribution in [0.15, 0.2) is 64.0 Å². The molecule has 0 aliphatic rings. The van der Waals surface area contributed by atoms with Gasteiger partial charge >= 0.3 is 6.18 Å². The van der Waals surface area contributed by atoms with E-state index in [4.69, 9.17) is 9.26 Å². The Bertz CT molecular complexity index is 1410. The molecule has 0 aliphatic carbocycles. The molecule has 0 unspecified atom stereocenters. The van der Waals surface area contributed by atoms with Gasteiger partial charge < -0.3 is 9.26 Å². The molecule has 0 radical (unpaired) electrons. The van der Waals surface area contributed by atoms with Crippen LogP contribution in [0.25, 0.3) is 28.7 Å². The molecule has 2 heterocycles. The Labute approximate surface area is 186 Å². The number of sulfone groups is 1. The quantitative estimate of drug-likeness (QED) is 0.410. The molecule has 8 nitrogen and oxygen atoms in total.